The summed E-state index contributed by atoms with van der Waals surface area (Å²) >= 11 is 17.4. The number of benzene rings is 1. The molecule has 0 aliphatic carbocycles. The van der Waals surface area contributed by atoms with Crippen LogP contribution in [0.4, 0.5) is 0 Å². The number of halogens is 3. The lowest BCUT2D eigenvalue weighted by Crippen LogP contribution is -2.01. The maximum atomic E-state index is 6.28. The highest BCUT2D eigenvalue weighted by atomic mass is 35.5. The second-order valence-corrected chi connectivity index (χ2v) is 7.05. The average Bonchev–Trinajstić information content (AvgIpc) is 2.51. The van der Waals surface area contributed by atoms with Crippen LogP contribution in [0.5, 0.6) is 11.5 Å². The zero-order valence-electron chi connectivity index (χ0n) is 14.8. The maximum absolute atomic E-state index is 6.28. The number of aryl methyl sites for hydroxylation is 1. The fraction of sp³-hybridized carbons (Fsp3) is 0.500. The summed E-state index contributed by atoms with van der Waals surface area (Å²) in [5, 5.41) is 4.41. The van der Waals surface area contributed by atoms with Crippen LogP contribution >= 0.6 is 34.8 Å². The molecule has 0 N–H and O–H groups in total. The number of ether oxygens (including phenoxy) is 2. The summed E-state index contributed by atoms with van der Waals surface area (Å²) in [6.07, 6.45) is 4.43. The van der Waals surface area contributed by atoms with Gasteiger partial charge >= 0.3 is 0 Å². The van der Waals surface area contributed by atoms with Crippen LogP contribution in [0.1, 0.15) is 38.7 Å². The van der Waals surface area contributed by atoms with Gasteiger partial charge in [0.15, 0.2) is 0 Å². The summed E-state index contributed by atoms with van der Waals surface area (Å²) in [6.45, 7) is 7.23. The monoisotopic (exact) mass is 407 g/mol. The first-order chi connectivity index (χ1) is 11.9. The molecule has 25 heavy (non-hydrogen) atoms. The van der Waals surface area contributed by atoms with E-state index in [1.54, 1.807) is 12.1 Å². The Hall–Kier alpha value is -1.10. The van der Waals surface area contributed by atoms with Crippen molar-refractivity contribution in [1.29, 1.82) is 0 Å². The number of nitrogens with zero attached hydrogens (tertiary/aromatic N) is 1. The molecule has 0 radical (unpaired) electrons. The Morgan fingerprint density at radius 2 is 1.80 bits per heavy atom. The molecule has 0 amide bonds. The van der Waals surface area contributed by atoms with Crippen LogP contribution in [0.15, 0.2) is 27.9 Å². The Kier molecular flexibility index (Phi) is 10.8. The molecule has 0 fully saturated rings. The van der Waals surface area contributed by atoms with Crippen molar-refractivity contribution >= 4 is 40.5 Å². The molecule has 0 aliphatic heterocycles. The van der Waals surface area contributed by atoms with Crippen molar-refractivity contribution in [2.24, 2.45) is 5.16 Å². The van der Waals surface area contributed by atoms with Gasteiger partial charge in [-0.2, -0.15) is 0 Å². The summed E-state index contributed by atoms with van der Waals surface area (Å²) in [5.41, 5.74) is 1.84. The molecular weight excluding hydrogens is 385 g/mol. The van der Waals surface area contributed by atoms with Gasteiger partial charge in [-0.15, -0.1) is 0 Å². The lowest BCUT2D eigenvalue weighted by Gasteiger charge is -2.13. The SMILES string of the molecule is CC(C)=NOCCCCCOc1c(C)cc(OCC=C(Cl)Cl)cc1Cl. The quantitative estimate of drug-likeness (QED) is 0.245. The molecule has 0 aromatic heterocycles. The lowest BCUT2D eigenvalue weighted by molar-refractivity contribution is 0.138. The molecule has 0 bridgehead atoms. The normalized spacial score (nSPS) is 10.2. The molecule has 4 nitrogen and oxygen atoms in total. The summed E-state index contributed by atoms with van der Waals surface area (Å²) < 4.78 is 11.5. The van der Waals surface area contributed by atoms with E-state index >= 15 is 0 Å². The molecule has 140 valence electrons. The predicted molar refractivity (Wildman–Crippen MR) is 106 cm³/mol. The van der Waals surface area contributed by atoms with Crippen LogP contribution in [0.3, 0.4) is 0 Å². The standard InChI is InChI=1S/C18H24Cl3NO3/c1-13(2)22-25-9-6-4-5-8-24-18-14(3)11-15(12-16(18)19)23-10-7-17(20)21/h7,11-12H,4-6,8-10H2,1-3H3. The van der Waals surface area contributed by atoms with E-state index in [0.29, 0.717) is 29.7 Å². The van der Waals surface area contributed by atoms with Crippen molar-refractivity contribution in [3.63, 3.8) is 0 Å². The molecule has 1 aromatic carbocycles. The number of hydrogen-bond acceptors (Lipinski definition) is 4. The minimum atomic E-state index is 0.171. The first-order valence-electron chi connectivity index (χ1n) is 8.10. The predicted octanol–water partition coefficient (Wildman–Crippen LogP) is 6.31. The van der Waals surface area contributed by atoms with Gasteiger partial charge in [-0.3, -0.25) is 0 Å². The lowest BCUT2D eigenvalue weighted by atomic mass is 10.2. The second kappa shape index (κ2) is 12.3. The number of rotatable bonds is 11. The largest absolute Gasteiger partial charge is 0.492 e. The molecule has 0 heterocycles. The van der Waals surface area contributed by atoms with E-state index in [2.05, 4.69) is 5.16 Å². The van der Waals surface area contributed by atoms with Gasteiger partial charge in [-0.1, -0.05) is 40.0 Å². The Bertz CT molecular complexity index is 572. The smallest absolute Gasteiger partial charge is 0.141 e. The van der Waals surface area contributed by atoms with E-state index < -0.39 is 0 Å². The molecular formula is C18H24Cl3NO3. The molecule has 0 saturated heterocycles. The summed E-state index contributed by atoms with van der Waals surface area (Å²) in [7, 11) is 0. The summed E-state index contributed by atoms with van der Waals surface area (Å²) in [5.74, 6) is 1.33. The van der Waals surface area contributed by atoms with Crippen molar-refractivity contribution in [3.8, 4) is 11.5 Å². The van der Waals surface area contributed by atoms with Crippen LogP contribution < -0.4 is 9.47 Å². The fourth-order valence-corrected chi connectivity index (χ4v) is 2.40. The second-order valence-electron chi connectivity index (χ2n) is 5.64. The van der Waals surface area contributed by atoms with Crippen molar-refractivity contribution in [3.05, 3.63) is 33.3 Å². The number of unbranched alkanes of at least 4 members (excludes halogenated alkanes) is 2. The van der Waals surface area contributed by atoms with Gasteiger partial charge in [-0.05, 0) is 57.7 Å². The highest BCUT2D eigenvalue weighted by Crippen LogP contribution is 2.33. The van der Waals surface area contributed by atoms with Crippen molar-refractivity contribution < 1.29 is 14.3 Å². The van der Waals surface area contributed by atoms with Crippen LogP contribution in [-0.2, 0) is 4.84 Å². The third kappa shape index (κ3) is 9.83. The van der Waals surface area contributed by atoms with E-state index in [1.807, 2.05) is 26.8 Å². The van der Waals surface area contributed by atoms with Gasteiger partial charge in [0.2, 0.25) is 0 Å². The Morgan fingerprint density at radius 3 is 2.44 bits per heavy atom. The molecule has 7 heteroatoms. The molecule has 1 aromatic rings. The molecule has 1 rings (SSSR count). The Labute approximate surface area is 164 Å². The zero-order valence-corrected chi connectivity index (χ0v) is 17.0. The van der Waals surface area contributed by atoms with Gasteiger partial charge in [0.05, 0.1) is 17.3 Å². The topological polar surface area (TPSA) is 40.0 Å². The highest BCUT2D eigenvalue weighted by molar-refractivity contribution is 6.55. The van der Waals surface area contributed by atoms with Crippen molar-refractivity contribution in [2.75, 3.05) is 19.8 Å². The van der Waals surface area contributed by atoms with Crippen LogP contribution in [-0.4, -0.2) is 25.5 Å². The molecule has 0 atom stereocenters. The van der Waals surface area contributed by atoms with Crippen LogP contribution in [0, 0.1) is 6.92 Å². The minimum absolute atomic E-state index is 0.171. The molecule has 0 aliphatic rings. The first kappa shape index (κ1) is 21.9. The van der Waals surface area contributed by atoms with Crippen molar-refractivity contribution in [1.82, 2.24) is 0 Å². The third-order valence-corrected chi connectivity index (χ3v) is 3.65. The first-order valence-corrected chi connectivity index (χ1v) is 9.23. The van der Waals surface area contributed by atoms with Gasteiger partial charge in [0, 0.05) is 6.07 Å². The van der Waals surface area contributed by atoms with E-state index in [9.17, 15) is 0 Å². The van der Waals surface area contributed by atoms with E-state index in [4.69, 9.17) is 49.1 Å². The average molecular weight is 409 g/mol. The molecule has 0 spiro atoms. The van der Waals surface area contributed by atoms with E-state index in [1.165, 1.54) is 0 Å². The summed E-state index contributed by atoms with van der Waals surface area (Å²) in [4.78, 5) is 5.15. The minimum Gasteiger partial charge on any atom is -0.492 e. The summed E-state index contributed by atoms with van der Waals surface area (Å²) in [6, 6.07) is 3.59. The Morgan fingerprint density at radius 1 is 1.08 bits per heavy atom. The van der Waals surface area contributed by atoms with Crippen LogP contribution in [0.2, 0.25) is 5.02 Å². The third-order valence-electron chi connectivity index (χ3n) is 3.06. The van der Waals surface area contributed by atoms with Gasteiger partial charge in [0.1, 0.15) is 29.2 Å². The van der Waals surface area contributed by atoms with E-state index in [0.717, 1.165) is 30.5 Å². The zero-order chi connectivity index (χ0) is 18.7. The van der Waals surface area contributed by atoms with E-state index in [-0.39, 0.29) is 11.1 Å². The molecule has 0 saturated carbocycles. The van der Waals surface area contributed by atoms with Gasteiger partial charge in [0.25, 0.3) is 0 Å². The number of hydrogen-bond donors (Lipinski definition) is 0. The maximum Gasteiger partial charge on any atom is 0.141 e. The van der Waals surface area contributed by atoms with Crippen LogP contribution in [0.25, 0.3) is 0 Å². The van der Waals surface area contributed by atoms with Gasteiger partial charge in [-0.25, -0.2) is 0 Å². The Balaban J connectivity index is 2.36. The van der Waals surface area contributed by atoms with Crippen molar-refractivity contribution in [2.45, 2.75) is 40.0 Å². The van der Waals surface area contributed by atoms with Gasteiger partial charge < -0.3 is 14.3 Å². The molecule has 0 unspecified atom stereocenters. The number of oxime groups is 1. The fourth-order valence-electron chi connectivity index (χ4n) is 1.96. The highest BCUT2D eigenvalue weighted by Gasteiger charge is 2.09.